The molecular formula is C13H26N4O3S. The zero-order valence-electron chi connectivity index (χ0n) is 12.5. The van der Waals surface area contributed by atoms with E-state index < -0.39 is 10.2 Å². The first-order valence-electron chi connectivity index (χ1n) is 7.64. The van der Waals surface area contributed by atoms with Crippen LogP contribution >= 0.6 is 0 Å². The summed E-state index contributed by atoms with van der Waals surface area (Å²) in [6.07, 6.45) is 3.83. The summed E-state index contributed by atoms with van der Waals surface area (Å²) < 4.78 is 24.2. The molecule has 2 aliphatic rings. The lowest BCUT2D eigenvalue weighted by Crippen LogP contribution is -2.53. The molecule has 2 aliphatic heterocycles. The van der Waals surface area contributed by atoms with E-state index in [9.17, 15) is 13.2 Å². The highest BCUT2D eigenvalue weighted by Gasteiger charge is 2.31. The van der Waals surface area contributed by atoms with Crippen LogP contribution in [-0.2, 0) is 15.0 Å². The standard InChI is InChI=1S/C13H26N4O3S/c1-10-4-5-15-12(7-10)13(18)17-6-2-3-11(9-17)8-16-21(14,19)20/h10-12,15-16H,2-9H2,1H3,(H2,14,19,20). The lowest BCUT2D eigenvalue weighted by molar-refractivity contribution is -0.136. The van der Waals surface area contributed by atoms with Crippen LogP contribution < -0.4 is 15.2 Å². The van der Waals surface area contributed by atoms with Crippen LogP contribution in [0.15, 0.2) is 0 Å². The maximum atomic E-state index is 12.5. The maximum absolute atomic E-state index is 12.5. The molecule has 122 valence electrons. The van der Waals surface area contributed by atoms with Gasteiger partial charge < -0.3 is 10.2 Å². The first-order valence-corrected chi connectivity index (χ1v) is 9.19. The molecule has 3 unspecified atom stereocenters. The summed E-state index contributed by atoms with van der Waals surface area (Å²) in [5.74, 6) is 0.869. The fourth-order valence-electron chi connectivity index (χ4n) is 3.18. The third kappa shape index (κ3) is 5.21. The van der Waals surface area contributed by atoms with Gasteiger partial charge in [-0.2, -0.15) is 8.42 Å². The fraction of sp³-hybridized carbons (Fsp3) is 0.923. The smallest absolute Gasteiger partial charge is 0.274 e. The molecule has 0 bridgehead atoms. The van der Waals surface area contributed by atoms with Gasteiger partial charge in [0.15, 0.2) is 0 Å². The molecule has 2 saturated heterocycles. The predicted octanol–water partition coefficient (Wildman–Crippen LogP) is -0.594. The Morgan fingerprint density at radius 2 is 2.19 bits per heavy atom. The summed E-state index contributed by atoms with van der Waals surface area (Å²) >= 11 is 0. The molecule has 0 radical (unpaired) electrons. The van der Waals surface area contributed by atoms with E-state index in [4.69, 9.17) is 5.14 Å². The van der Waals surface area contributed by atoms with Crippen LogP contribution in [0.25, 0.3) is 0 Å². The van der Waals surface area contributed by atoms with Gasteiger partial charge in [0.25, 0.3) is 10.2 Å². The van der Waals surface area contributed by atoms with Crippen LogP contribution in [-0.4, -0.2) is 51.4 Å². The molecule has 0 aromatic carbocycles. The number of carbonyl (C=O) groups is 1. The number of nitrogens with zero attached hydrogens (tertiary/aromatic N) is 1. The monoisotopic (exact) mass is 318 g/mol. The van der Waals surface area contributed by atoms with Crippen molar-refractivity contribution in [2.75, 3.05) is 26.2 Å². The second-order valence-corrected chi connectivity index (χ2v) is 7.70. The summed E-state index contributed by atoms with van der Waals surface area (Å²) in [5.41, 5.74) is 0. The van der Waals surface area contributed by atoms with E-state index >= 15 is 0 Å². The Labute approximate surface area is 126 Å². The average molecular weight is 318 g/mol. The number of hydrogen-bond donors (Lipinski definition) is 3. The molecule has 21 heavy (non-hydrogen) atoms. The Kier molecular flexibility index (Phi) is 5.59. The normalized spacial score (nSPS) is 31.1. The first-order chi connectivity index (χ1) is 9.85. The highest BCUT2D eigenvalue weighted by molar-refractivity contribution is 7.87. The van der Waals surface area contributed by atoms with Crippen molar-refractivity contribution in [1.82, 2.24) is 14.9 Å². The van der Waals surface area contributed by atoms with Crippen LogP contribution in [0.2, 0.25) is 0 Å². The predicted molar refractivity (Wildman–Crippen MR) is 80.6 cm³/mol. The minimum atomic E-state index is -3.65. The topological polar surface area (TPSA) is 105 Å². The Balaban J connectivity index is 1.86. The summed E-state index contributed by atoms with van der Waals surface area (Å²) in [6.45, 7) is 4.74. The molecule has 0 aliphatic carbocycles. The number of nitrogens with two attached hydrogens (primary N) is 1. The molecule has 2 heterocycles. The van der Waals surface area contributed by atoms with Gasteiger partial charge in [0.2, 0.25) is 5.91 Å². The minimum Gasteiger partial charge on any atom is -0.341 e. The fourth-order valence-corrected chi connectivity index (χ4v) is 3.65. The van der Waals surface area contributed by atoms with Crippen molar-refractivity contribution < 1.29 is 13.2 Å². The molecule has 3 atom stereocenters. The van der Waals surface area contributed by atoms with Gasteiger partial charge >= 0.3 is 0 Å². The highest BCUT2D eigenvalue weighted by atomic mass is 32.2. The summed E-state index contributed by atoms with van der Waals surface area (Å²) in [7, 11) is -3.65. The highest BCUT2D eigenvalue weighted by Crippen LogP contribution is 2.21. The van der Waals surface area contributed by atoms with E-state index in [1.54, 1.807) is 0 Å². The van der Waals surface area contributed by atoms with Crippen LogP contribution in [0.5, 0.6) is 0 Å². The van der Waals surface area contributed by atoms with Crippen molar-refractivity contribution in [3.8, 4) is 0 Å². The summed E-state index contributed by atoms with van der Waals surface area (Å²) in [5, 5.41) is 8.24. The van der Waals surface area contributed by atoms with Gasteiger partial charge in [-0.15, -0.1) is 0 Å². The number of amides is 1. The summed E-state index contributed by atoms with van der Waals surface area (Å²) in [6, 6.07) is -0.0845. The molecule has 0 spiro atoms. The SMILES string of the molecule is CC1CCNC(C(=O)N2CCCC(CNS(N)(=O)=O)C2)C1. The van der Waals surface area contributed by atoms with E-state index in [-0.39, 0.29) is 17.9 Å². The zero-order valence-corrected chi connectivity index (χ0v) is 13.4. The lowest BCUT2D eigenvalue weighted by atomic mass is 9.92. The van der Waals surface area contributed by atoms with Gasteiger partial charge in [-0.25, -0.2) is 9.86 Å². The molecule has 2 rings (SSSR count). The largest absolute Gasteiger partial charge is 0.341 e. The third-order valence-electron chi connectivity index (χ3n) is 4.37. The molecule has 0 aromatic rings. The quantitative estimate of drug-likeness (QED) is 0.644. The van der Waals surface area contributed by atoms with Gasteiger partial charge in [-0.3, -0.25) is 4.79 Å². The molecule has 8 heteroatoms. The molecule has 1 amide bonds. The second-order valence-electron chi connectivity index (χ2n) is 6.32. The number of nitrogens with one attached hydrogen (secondary N) is 2. The van der Waals surface area contributed by atoms with Crippen LogP contribution in [0.3, 0.4) is 0 Å². The van der Waals surface area contributed by atoms with Gasteiger partial charge in [-0.05, 0) is 44.1 Å². The van der Waals surface area contributed by atoms with Gasteiger partial charge in [0, 0.05) is 19.6 Å². The third-order valence-corrected chi connectivity index (χ3v) is 4.94. The minimum absolute atomic E-state index is 0.0845. The molecular weight excluding hydrogens is 292 g/mol. The Morgan fingerprint density at radius 3 is 2.86 bits per heavy atom. The lowest BCUT2D eigenvalue weighted by Gasteiger charge is -2.37. The van der Waals surface area contributed by atoms with Crippen molar-refractivity contribution in [2.24, 2.45) is 17.0 Å². The van der Waals surface area contributed by atoms with Gasteiger partial charge in [0.05, 0.1) is 6.04 Å². The number of hydrogen-bond acceptors (Lipinski definition) is 4. The molecule has 2 fully saturated rings. The Bertz CT molecular complexity index is 468. The average Bonchev–Trinajstić information content (AvgIpc) is 2.44. The second kappa shape index (κ2) is 7.04. The van der Waals surface area contributed by atoms with Crippen molar-refractivity contribution in [2.45, 2.75) is 38.6 Å². The van der Waals surface area contributed by atoms with Crippen molar-refractivity contribution in [1.29, 1.82) is 0 Å². The molecule has 4 N–H and O–H groups in total. The van der Waals surface area contributed by atoms with Crippen molar-refractivity contribution in [3.63, 3.8) is 0 Å². The van der Waals surface area contributed by atoms with Gasteiger partial charge in [-0.1, -0.05) is 6.92 Å². The van der Waals surface area contributed by atoms with E-state index in [1.165, 1.54) is 0 Å². The van der Waals surface area contributed by atoms with Crippen LogP contribution in [0.4, 0.5) is 0 Å². The Morgan fingerprint density at radius 1 is 1.43 bits per heavy atom. The Hall–Kier alpha value is -0.700. The van der Waals surface area contributed by atoms with E-state index in [0.717, 1.165) is 38.8 Å². The van der Waals surface area contributed by atoms with Crippen molar-refractivity contribution >= 4 is 16.1 Å². The van der Waals surface area contributed by atoms with E-state index in [0.29, 0.717) is 19.0 Å². The van der Waals surface area contributed by atoms with Crippen molar-refractivity contribution in [3.05, 3.63) is 0 Å². The number of likely N-dealkylation sites (tertiary alicyclic amines) is 1. The first kappa shape index (κ1) is 16.7. The zero-order chi connectivity index (χ0) is 15.5. The van der Waals surface area contributed by atoms with E-state index in [2.05, 4.69) is 17.0 Å². The van der Waals surface area contributed by atoms with Gasteiger partial charge in [0.1, 0.15) is 0 Å². The van der Waals surface area contributed by atoms with Crippen LogP contribution in [0, 0.1) is 11.8 Å². The molecule has 0 aromatic heterocycles. The number of piperidine rings is 2. The van der Waals surface area contributed by atoms with Crippen LogP contribution in [0.1, 0.15) is 32.6 Å². The maximum Gasteiger partial charge on any atom is 0.274 e. The summed E-state index contributed by atoms with van der Waals surface area (Å²) in [4.78, 5) is 14.4. The number of carbonyl (C=O) groups excluding carboxylic acids is 1. The van der Waals surface area contributed by atoms with E-state index in [1.807, 2.05) is 4.90 Å². The molecule has 7 nitrogen and oxygen atoms in total. The molecule has 0 saturated carbocycles. The number of rotatable bonds is 4.